The van der Waals surface area contributed by atoms with Crippen molar-refractivity contribution in [2.24, 2.45) is 5.92 Å². The zero-order chi connectivity index (χ0) is 14.5. The molecule has 110 valence electrons. The van der Waals surface area contributed by atoms with Crippen LogP contribution in [0, 0.1) is 5.92 Å². The summed E-state index contributed by atoms with van der Waals surface area (Å²) in [5.41, 5.74) is 0.525. The van der Waals surface area contributed by atoms with Crippen LogP contribution >= 0.6 is 0 Å². The molecule has 0 saturated heterocycles. The predicted molar refractivity (Wildman–Crippen MR) is 71.2 cm³/mol. The fourth-order valence-electron chi connectivity index (χ4n) is 2.34. The lowest BCUT2D eigenvalue weighted by Crippen LogP contribution is -2.33. The fourth-order valence-corrected chi connectivity index (χ4v) is 2.34. The molecule has 1 fully saturated rings. The van der Waals surface area contributed by atoms with Crippen LogP contribution in [0.4, 0.5) is 5.69 Å². The lowest BCUT2D eigenvalue weighted by Gasteiger charge is -2.34. The maximum Gasteiger partial charge on any atom is 0.325 e. The lowest BCUT2D eigenvalue weighted by atomic mass is 9.80. The second kappa shape index (κ2) is 6.51. The van der Waals surface area contributed by atoms with Crippen molar-refractivity contribution in [2.75, 3.05) is 11.9 Å². The predicted octanol–water partition coefficient (Wildman–Crippen LogP) is 1.11. The van der Waals surface area contributed by atoms with Gasteiger partial charge >= 0.3 is 5.97 Å². The second-order valence-corrected chi connectivity index (χ2v) is 4.99. The number of hydrogen-bond acceptors (Lipinski definition) is 4. The second-order valence-electron chi connectivity index (χ2n) is 4.99. The molecule has 1 amide bonds. The van der Waals surface area contributed by atoms with E-state index in [4.69, 9.17) is 9.84 Å². The minimum atomic E-state index is -0.970. The third-order valence-electron chi connectivity index (χ3n) is 3.28. The summed E-state index contributed by atoms with van der Waals surface area (Å²) < 4.78 is 6.72. The van der Waals surface area contributed by atoms with E-state index in [1.165, 1.54) is 17.1 Å². The van der Waals surface area contributed by atoms with Crippen molar-refractivity contribution < 1.29 is 19.4 Å². The van der Waals surface area contributed by atoms with Crippen LogP contribution in [0.2, 0.25) is 0 Å². The first-order valence-electron chi connectivity index (χ1n) is 6.72. The molecule has 0 bridgehead atoms. The molecule has 1 aromatic heterocycles. The summed E-state index contributed by atoms with van der Waals surface area (Å²) in [4.78, 5) is 22.3. The Morgan fingerprint density at radius 1 is 1.55 bits per heavy atom. The molecule has 20 heavy (non-hydrogen) atoms. The third kappa shape index (κ3) is 4.06. The Kier molecular flexibility index (Phi) is 4.73. The van der Waals surface area contributed by atoms with Crippen molar-refractivity contribution in [2.45, 2.75) is 38.8 Å². The molecule has 1 aliphatic carbocycles. The highest BCUT2D eigenvalue weighted by Gasteiger charge is 2.31. The van der Waals surface area contributed by atoms with Crippen LogP contribution in [-0.4, -0.2) is 39.5 Å². The summed E-state index contributed by atoms with van der Waals surface area (Å²) in [5.74, 6) is -0.664. The maximum absolute atomic E-state index is 11.8. The number of aliphatic carboxylic acids is 1. The largest absolute Gasteiger partial charge is 0.480 e. The molecule has 0 atom stereocenters. The summed E-state index contributed by atoms with van der Waals surface area (Å²) in [6.45, 7) is 2.47. The Morgan fingerprint density at radius 3 is 2.95 bits per heavy atom. The van der Waals surface area contributed by atoms with Crippen LogP contribution in [0.15, 0.2) is 12.4 Å². The summed E-state index contributed by atoms with van der Waals surface area (Å²) in [6.07, 6.45) is 5.59. The smallest absolute Gasteiger partial charge is 0.325 e. The fraction of sp³-hybridized carbons (Fsp3) is 0.615. The Balaban J connectivity index is 1.72. The van der Waals surface area contributed by atoms with Gasteiger partial charge in [-0.25, -0.2) is 0 Å². The number of amides is 1. The number of aromatic nitrogens is 2. The number of carbonyl (C=O) groups is 2. The summed E-state index contributed by atoms with van der Waals surface area (Å²) in [6, 6.07) is 0. The molecule has 7 heteroatoms. The van der Waals surface area contributed by atoms with Crippen LogP contribution < -0.4 is 5.32 Å². The van der Waals surface area contributed by atoms with E-state index in [0.29, 0.717) is 30.7 Å². The van der Waals surface area contributed by atoms with Crippen molar-refractivity contribution in [1.29, 1.82) is 0 Å². The van der Waals surface area contributed by atoms with Crippen LogP contribution in [0.3, 0.4) is 0 Å². The van der Waals surface area contributed by atoms with Gasteiger partial charge in [-0.2, -0.15) is 5.10 Å². The van der Waals surface area contributed by atoms with Gasteiger partial charge in [0, 0.05) is 19.2 Å². The van der Waals surface area contributed by atoms with E-state index in [2.05, 4.69) is 10.4 Å². The van der Waals surface area contributed by atoms with E-state index in [1.54, 1.807) is 0 Å². The molecule has 0 aromatic carbocycles. The first kappa shape index (κ1) is 14.5. The van der Waals surface area contributed by atoms with E-state index < -0.39 is 5.97 Å². The Morgan fingerprint density at radius 2 is 2.30 bits per heavy atom. The molecule has 1 saturated carbocycles. The molecule has 7 nitrogen and oxygen atoms in total. The molecule has 2 rings (SSSR count). The third-order valence-corrected chi connectivity index (χ3v) is 3.28. The first-order chi connectivity index (χ1) is 9.56. The molecule has 2 N–H and O–H groups in total. The van der Waals surface area contributed by atoms with Crippen molar-refractivity contribution in [3.63, 3.8) is 0 Å². The monoisotopic (exact) mass is 281 g/mol. The number of nitrogens with zero attached hydrogens (tertiary/aromatic N) is 2. The SMILES string of the molecule is CCOC1CC(CC(=O)Nc2cnn(CC(=O)O)c2)C1. The van der Waals surface area contributed by atoms with Gasteiger partial charge in [-0.15, -0.1) is 0 Å². The summed E-state index contributed by atoms with van der Waals surface area (Å²) in [5, 5.41) is 15.2. The lowest BCUT2D eigenvalue weighted by molar-refractivity contribution is -0.137. The molecule has 0 radical (unpaired) electrons. The molecule has 1 aromatic rings. The zero-order valence-electron chi connectivity index (χ0n) is 11.4. The topological polar surface area (TPSA) is 93.5 Å². The van der Waals surface area contributed by atoms with Gasteiger partial charge in [-0.1, -0.05) is 0 Å². The van der Waals surface area contributed by atoms with Crippen molar-refractivity contribution >= 4 is 17.6 Å². The van der Waals surface area contributed by atoms with Gasteiger partial charge in [-0.3, -0.25) is 14.3 Å². The normalized spacial score (nSPS) is 21.2. The number of carbonyl (C=O) groups excluding carboxylic acids is 1. The number of hydrogen-bond donors (Lipinski definition) is 2. The molecule has 0 aliphatic heterocycles. The van der Waals surface area contributed by atoms with Gasteiger partial charge < -0.3 is 15.2 Å². The minimum Gasteiger partial charge on any atom is -0.480 e. The quantitative estimate of drug-likeness (QED) is 0.781. The molecule has 1 aliphatic rings. The first-order valence-corrected chi connectivity index (χ1v) is 6.72. The highest BCUT2D eigenvalue weighted by atomic mass is 16.5. The van der Waals surface area contributed by atoms with Crippen LogP contribution in [0.1, 0.15) is 26.2 Å². The van der Waals surface area contributed by atoms with Gasteiger partial charge in [-0.05, 0) is 25.7 Å². The minimum absolute atomic E-state index is 0.0696. The van der Waals surface area contributed by atoms with E-state index in [-0.39, 0.29) is 12.5 Å². The van der Waals surface area contributed by atoms with Gasteiger partial charge in [0.15, 0.2) is 0 Å². The number of nitrogens with one attached hydrogen (secondary N) is 1. The van der Waals surface area contributed by atoms with Crippen molar-refractivity contribution in [1.82, 2.24) is 9.78 Å². The Hall–Kier alpha value is -1.89. The van der Waals surface area contributed by atoms with Gasteiger partial charge in [0.1, 0.15) is 6.54 Å². The standard InChI is InChI=1S/C13H19N3O4/c1-2-20-11-3-9(4-11)5-12(17)15-10-6-14-16(7-10)8-13(18)19/h6-7,9,11H,2-5,8H2,1H3,(H,15,17)(H,18,19). The molecular weight excluding hydrogens is 262 g/mol. The van der Waals surface area contributed by atoms with Crippen molar-refractivity contribution in [3.05, 3.63) is 12.4 Å². The number of rotatable bonds is 7. The highest BCUT2D eigenvalue weighted by molar-refractivity contribution is 5.90. The van der Waals surface area contributed by atoms with Crippen LogP contribution in [0.5, 0.6) is 0 Å². The van der Waals surface area contributed by atoms with Gasteiger partial charge in [0.25, 0.3) is 0 Å². The molecule has 1 heterocycles. The summed E-state index contributed by atoms with van der Waals surface area (Å²) >= 11 is 0. The average molecular weight is 281 g/mol. The van der Waals surface area contributed by atoms with E-state index >= 15 is 0 Å². The molecule has 0 unspecified atom stereocenters. The Labute approximate surface area is 116 Å². The van der Waals surface area contributed by atoms with Crippen molar-refractivity contribution in [3.8, 4) is 0 Å². The van der Waals surface area contributed by atoms with Crippen LogP contribution in [-0.2, 0) is 20.9 Å². The van der Waals surface area contributed by atoms with Gasteiger partial charge in [0.2, 0.25) is 5.91 Å². The highest BCUT2D eigenvalue weighted by Crippen LogP contribution is 2.32. The number of carboxylic acids is 1. The average Bonchev–Trinajstić information content (AvgIpc) is 2.72. The summed E-state index contributed by atoms with van der Waals surface area (Å²) in [7, 11) is 0. The molecular formula is C13H19N3O4. The maximum atomic E-state index is 11.8. The Bertz CT molecular complexity index is 480. The zero-order valence-corrected chi connectivity index (χ0v) is 11.4. The number of ether oxygens (including phenoxy) is 1. The van der Waals surface area contributed by atoms with E-state index in [0.717, 1.165) is 12.8 Å². The molecule has 0 spiro atoms. The van der Waals surface area contributed by atoms with E-state index in [9.17, 15) is 9.59 Å². The van der Waals surface area contributed by atoms with Gasteiger partial charge in [0.05, 0.1) is 18.0 Å². The van der Waals surface area contributed by atoms with E-state index in [1.807, 2.05) is 6.92 Å². The van der Waals surface area contributed by atoms with Crippen LogP contribution in [0.25, 0.3) is 0 Å². The number of carboxylic acid groups (broad SMARTS) is 1. The number of anilines is 1.